The molecule has 1 amide bonds. The number of nitrogens with zero attached hydrogens (tertiary/aromatic N) is 3. The van der Waals surface area contributed by atoms with Crippen molar-refractivity contribution in [2.75, 3.05) is 18.5 Å². The van der Waals surface area contributed by atoms with Crippen LogP contribution in [0.5, 0.6) is 0 Å². The predicted octanol–water partition coefficient (Wildman–Crippen LogP) is 4.01. The average molecular weight is 420 g/mol. The first-order valence-electron chi connectivity index (χ1n) is 8.52. The van der Waals surface area contributed by atoms with Crippen molar-refractivity contribution in [3.63, 3.8) is 0 Å². The van der Waals surface area contributed by atoms with E-state index in [1.54, 1.807) is 6.07 Å². The highest BCUT2D eigenvalue weighted by molar-refractivity contribution is 6.33. The molecule has 2 heterocycles. The molecule has 0 unspecified atom stereocenters. The van der Waals surface area contributed by atoms with E-state index in [1.807, 2.05) is 0 Å². The number of fused-ring (bicyclic) bond motifs is 3. The van der Waals surface area contributed by atoms with Gasteiger partial charge in [0.05, 0.1) is 23.1 Å². The summed E-state index contributed by atoms with van der Waals surface area (Å²) in [6, 6.07) is 8.01. The van der Waals surface area contributed by atoms with Gasteiger partial charge in [-0.1, -0.05) is 17.7 Å². The molecule has 0 radical (unpaired) electrons. The van der Waals surface area contributed by atoms with E-state index < -0.39 is 24.2 Å². The van der Waals surface area contributed by atoms with Crippen LogP contribution in [0.25, 0.3) is 5.69 Å². The molecule has 0 saturated heterocycles. The highest BCUT2D eigenvalue weighted by Crippen LogP contribution is 2.35. The Labute approximate surface area is 168 Å². The molecule has 0 aliphatic carbocycles. The Hall–Kier alpha value is -3.33. The van der Waals surface area contributed by atoms with Crippen molar-refractivity contribution >= 4 is 34.8 Å². The Morgan fingerprint density at radius 2 is 1.97 bits per heavy atom. The van der Waals surface area contributed by atoms with Gasteiger partial charge in [-0.3, -0.25) is 4.79 Å². The fraction of sp³-hybridized carbons (Fsp3) is 0.105. The lowest BCUT2D eigenvalue weighted by molar-refractivity contribution is 0.0951. The second-order valence-electron chi connectivity index (χ2n) is 6.09. The summed E-state index contributed by atoms with van der Waals surface area (Å²) in [5.74, 6) is -2.04. The van der Waals surface area contributed by atoms with Crippen molar-refractivity contribution in [1.82, 2.24) is 15.1 Å². The van der Waals surface area contributed by atoms with Crippen LogP contribution in [0.1, 0.15) is 15.9 Å². The lowest BCUT2D eigenvalue weighted by atomic mass is 10.1. The van der Waals surface area contributed by atoms with Crippen molar-refractivity contribution in [1.29, 1.82) is 0 Å². The standard InChI is InChI=1S/C19H13ClF3N5O/c20-11-9-25-28-15-8-10(19(29)24-7-6-21)4-5-14(15)26-17(27-18(11)28)16-12(22)2-1-3-13(16)23/h1-5,8-9H,6-7H2,(H,24,29)(H,26,27). The van der Waals surface area contributed by atoms with Crippen molar-refractivity contribution < 1.29 is 18.0 Å². The van der Waals surface area contributed by atoms with E-state index in [0.717, 1.165) is 12.1 Å². The fourth-order valence-corrected chi connectivity index (χ4v) is 3.09. The molecule has 1 aromatic heterocycles. The van der Waals surface area contributed by atoms with Gasteiger partial charge in [-0.05, 0) is 30.3 Å². The number of benzene rings is 2. The minimum atomic E-state index is -0.802. The molecule has 4 rings (SSSR count). The molecule has 10 heteroatoms. The lowest BCUT2D eigenvalue weighted by Gasteiger charge is -2.13. The Kier molecular flexibility index (Phi) is 4.98. The number of hydrogen-bond donors (Lipinski definition) is 2. The first kappa shape index (κ1) is 19.0. The maximum atomic E-state index is 14.3. The quantitative estimate of drug-likeness (QED) is 0.671. The third kappa shape index (κ3) is 3.44. The van der Waals surface area contributed by atoms with Gasteiger partial charge in [0.15, 0.2) is 5.82 Å². The number of nitrogens with one attached hydrogen (secondary N) is 2. The molecule has 1 aliphatic heterocycles. The number of anilines is 1. The van der Waals surface area contributed by atoms with E-state index >= 15 is 0 Å². The zero-order valence-corrected chi connectivity index (χ0v) is 15.5. The van der Waals surface area contributed by atoms with Crippen LogP contribution in [0.4, 0.5) is 24.7 Å². The molecule has 148 valence electrons. The summed E-state index contributed by atoms with van der Waals surface area (Å²) in [6.45, 7) is -0.810. The molecule has 0 saturated carbocycles. The summed E-state index contributed by atoms with van der Waals surface area (Å²) < 4.78 is 42.4. The Bertz CT molecular complexity index is 1120. The molecule has 1 aliphatic rings. The minimum absolute atomic E-state index is 0.0994. The topological polar surface area (TPSA) is 71.3 Å². The zero-order valence-electron chi connectivity index (χ0n) is 14.7. The van der Waals surface area contributed by atoms with Crippen LogP contribution < -0.4 is 10.6 Å². The second-order valence-corrected chi connectivity index (χ2v) is 6.49. The third-order valence-electron chi connectivity index (χ3n) is 4.24. The summed E-state index contributed by atoms with van der Waals surface area (Å²) in [4.78, 5) is 16.5. The van der Waals surface area contributed by atoms with Crippen LogP contribution in [0.2, 0.25) is 5.02 Å². The predicted molar refractivity (Wildman–Crippen MR) is 103 cm³/mol. The van der Waals surface area contributed by atoms with E-state index in [2.05, 4.69) is 20.7 Å². The summed E-state index contributed by atoms with van der Waals surface area (Å²) in [7, 11) is 0. The molecule has 0 bridgehead atoms. The van der Waals surface area contributed by atoms with Gasteiger partial charge in [0, 0.05) is 12.1 Å². The minimum Gasteiger partial charge on any atom is -0.349 e. The SMILES string of the molecule is O=C(NCCF)c1ccc2c(c1)-n1ncc(Cl)c1N=C(c1c(F)cccc1F)N2. The van der Waals surface area contributed by atoms with Gasteiger partial charge in [0.25, 0.3) is 5.91 Å². The van der Waals surface area contributed by atoms with E-state index in [4.69, 9.17) is 11.6 Å². The fourth-order valence-electron chi connectivity index (χ4n) is 2.92. The molecule has 2 N–H and O–H groups in total. The largest absolute Gasteiger partial charge is 0.349 e. The van der Waals surface area contributed by atoms with Gasteiger partial charge in [-0.25, -0.2) is 22.8 Å². The summed E-state index contributed by atoms with van der Waals surface area (Å²) in [5, 5.41) is 9.62. The zero-order chi connectivity index (χ0) is 20.5. The van der Waals surface area contributed by atoms with Gasteiger partial charge in [-0.15, -0.1) is 0 Å². The van der Waals surface area contributed by atoms with Gasteiger partial charge < -0.3 is 10.6 Å². The maximum Gasteiger partial charge on any atom is 0.251 e. The molecule has 2 aromatic carbocycles. The monoisotopic (exact) mass is 419 g/mol. The van der Waals surface area contributed by atoms with Crippen molar-refractivity contribution in [2.24, 2.45) is 4.99 Å². The molecule has 0 atom stereocenters. The van der Waals surface area contributed by atoms with E-state index in [1.165, 1.54) is 29.1 Å². The van der Waals surface area contributed by atoms with Crippen molar-refractivity contribution in [3.8, 4) is 5.69 Å². The highest BCUT2D eigenvalue weighted by Gasteiger charge is 2.24. The van der Waals surface area contributed by atoms with E-state index in [0.29, 0.717) is 11.4 Å². The van der Waals surface area contributed by atoms with Crippen LogP contribution >= 0.6 is 11.6 Å². The maximum absolute atomic E-state index is 14.3. The molecule has 3 aromatic rings. The Balaban J connectivity index is 1.86. The molecular formula is C19H13ClF3N5O. The number of aliphatic imine (C=N–C) groups is 1. The number of alkyl halides is 1. The number of hydrogen-bond acceptors (Lipinski definition) is 4. The molecule has 0 fully saturated rings. The molecule has 29 heavy (non-hydrogen) atoms. The van der Waals surface area contributed by atoms with Crippen LogP contribution in [0, 0.1) is 11.6 Å². The molecule has 6 nitrogen and oxygen atoms in total. The van der Waals surface area contributed by atoms with E-state index in [-0.39, 0.29) is 34.3 Å². The summed E-state index contributed by atoms with van der Waals surface area (Å²) in [5.41, 5.74) is 0.674. The highest BCUT2D eigenvalue weighted by atomic mass is 35.5. The van der Waals surface area contributed by atoms with Crippen molar-refractivity contribution in [2.45, 2.75) is 0 Å². The van der Waals surface area contributed by atoms with Crippen LogP contribution in [-0.4, -0.2) is 34.7 Å². The van der Waals surface area contributed by atoms with Crippen LogP contribution in [0.3, 0.4) is 0 Å². The van der Waals surface area contributed by atoms with Gasteiger partial charge in [0.1, 0.15) is 29.2 Å². The molecular weight excluding hydrogens is 407 g/mol. The normalized spacial score (nSPS) is 12.3. The average Bonchev–Trinajstić information content (AvgIpc) is 2.97. The number of carbonyl (C=O) groups is 1. The smallest absolute Gasteiger partial charge is 0.251 e. The van der Waals surface area contributed by atoms with Crippen molar-refractivity contribution in [3.05, 3.63) is 70.4 Å². The number of amides is 1. The number of halogens is 4. The number of carbonyl (C=O) groups excluding carboxylic acids is 1. The second kappa shape index (κ2) is 7.59. The number of aromatic nitrogens is 2. The first-order chi connectivity index (χ1) is 14.0. The van der Waals surface area contributed by atoms with Gasteiger partial charge >= 0.3 is 0 Å². The molecule has 0 spiro atoms. The third-order valence-corrected chi connectivity index (χ3v) is 4.51. The Morgan fingerprint density at radius 1 is 1.21 bits per heavy atom. The van der Waals surface area contributed by atoms with E-state index in [9.17, 15) is 18.0 Å². The van der Waals surface area contributed by atoms with Crippen LogP contribution in [0.15, 0.2) is 47.6 Å². The summed E-state index contributed by atoms with van der Waals surface area (Å²) >= 11 is 6.17. The lowest BCUT2D eigenvalue weighted by Crippen LogP contribution is -2.25. The van der Waals surface area contributed by atoms with Gasteiger partial charge in [-0.2, -0.15) is 5.10 Å². The van der Waals surface area contributed by atoms with Crippen LogP contribution in [-0.2, 0) is 0 Å². The first-order valence-corrected chi connectivity index (χ1v) is 8.89. The summed E-state index contributed by atoms with van der Waals surface area (Å²) in [6.07, 6.45) is 1.33. The number of rotatable bonds is 4. The van der Waals surface area contributed by atoms with Gasteiger partial charge in [0.2, 0.25) is 0 Å². The number of amidine groups is 1. The Morgan fingerprint density at radius 3 is 2.69 bits per heavy atom.